The fourth-order valence-electron chi connectivity index (χ4n) is 11.7. The van der Waals surface area contributed by atoms with Crippen molar-refractivity contribution in [1.82, 2.24) is 9.97 Å². The van der Waals surface area contributed by atoms with Crippen molar-refractivity contribution in [2.24, 2.45) is 0 Å². The summed E-state index contributed by atoms with van der Waals surface area (Å²) in [5.74, 6) is 0. The molecule has 0 aliphatic rings. The maximum Gasteiger partial charge on any atom is 0.0497 e. The molecule has 0 fully saturated rings. The highest BCUT2D eigenvalue weighted by atomic mass is 14.7. The Bertz CT molecular complexity index is 4070. The number of hydrogen-bond acceptors (Lipinski definition) is 0. The number of hydrogen-bond donors (Lipinski definition) is 2. The summed E-state index contributed by atoms with van der Waals surface area (Å²) in [4.78, 5) is 7.87. The molecule has 2 nitrogen and oxygen atoms in total. The minimum absolute atomic E-state index is 0.964. The average Bonchev–Trinajstić information content (AvgIpc) is 3.99. The molecule has 14 rings (SSSR count). The summed E-state index contributed by atoms with van der Waals surface area (Å²) >= 11 is 0. The topological polar surface area (TPSA) is 31.6 Å². The predicted octanol–water partition coefficient (Wildman–Crippen LogP) is 18.8. The highest BCUT2D eigenvalue weighted by molar-refractivity contribution is 6.14. The molecule has 0 unspecified atom stereocenters. The largest absolute Gasteiger partial charge is 0.354 e. The smallest absolute Gasteiger partial charge is 0.0497 e. The van der Waals surface area contributed by atoms with Crippen LogP contribution in [0.5, 0.6) is 0 Å². The third-order valence-corrected chi connectivity index (χ3v) is 15.1. The van der Waals surface area contributed by atoms with Crippen molar-refractivity contribution in [3.05, 3.63) is 242 Å². The van der Waals surface area contributed by atoms with Crippen molar-refractivity contribution in [2.45, 2.75) is 25.7 Å². The van der Waals surface area contributed by atoms with E-state index >= 15 is 0 Å². The molecule has 0 spiro atoms. The maximum absolute atomic E-state index is 3.94. The van der Waals surface area contributed by atoms with Gasteiger partial charge in [0, 0.05) is 43.6 Å². The fraction of sp³-hybridized carbons (Fsp3) is 0.0588. The van der Waals surface area contributed by atoms with E-state index in [1.54, 1.807) is 0 Å². The van der Waals surface area contributed by atoms with Gasteiger partial charge in [0.1, 0.15) is 0 Å². The fourth-order valence-corrected chi connectivity index (χ4v) is 11.7. The van der Waals surface area contributed by atoms with Crippen molar-refractivity contribution in [2.75, 3.05) is 0 Å². The van der Waals surface area contributed by atoms with E-state index < -0.39 is 0 Å². The van der Waals surface area contributed by atoms with E-state index in [0.29, 0.717) is 0 Å². The van der Waals surface area contributed by atoms with Crippen LogP contribution in [0.4, 0.5) is 0 Å². The molecule has 0 bridgehead atoms. The second kappa shape index (κ2) is 16.5. The first-order valence-corrected chi connectivity index (χ1v) is 24.8. The Hall–Kier alpha value is -8.72. The van der Waals surface area contributed by atoms with Crippen molar-refractivity contribution in [1.29, 1.82) is 0 Å². The zero-order valence-electron chi connectivity index (χ0n) is 38.8. The Kier molecular flexibility index (Phi) is 9.52. The average molecular weight is 893 g/mol. The number of fused-ring (bicyclic) bond motifs is 10. The van der Waals surface area contributed by atoms with E-state index in [9.17, 15) is 0 Å². The summed E-state index contributed by atoms with van der Waals surface area (Å²) in [6, 6.07) is 85.5. The van der Waals surface area contributed by atoms with Crippen molar-refractivity contribution < 1.29 is 0 Å². The van der Waals surface area contributed by atoms with Gasteiger partial charge >= 0.3 is 0 Å². The van der Waals surface area contributed by atoms with E-state index in [4.69, 9.17) is 0 Å². The highest BCUT2D eigenvalue weighted by Gasteiger charge is 2.18. The minimum Gasteiger partial charge on any atom is -0.354 e. The Morgan fingerprint density at radius 1 is 0.243 bits per heavy atom. The van der Waals surface area contributed by atoms with Crippen molar-refractivity contribution in [3.63, 3.8) is 0 Å². The van der Waals surface area contributed by atoms with Crippen LogP contribution in [-0.4, -0.2) is 9.97 Å². The molecule has 12 aromatic carbocycles. The van der Waals surface area contributed by atoms with Gasteiger partial charge in [-0.1, -0.05) is 182 Å². The SMILES string of the molecule is c1ccc2c(-c3ccc4[nH]c5c(CCCCc6cc(-c7cccc8ccccc78)cc7c6[nH]c6ccc(-c8cccc9ccccc89)cc67)cc(-c6cccc7ccccc67)cc5c4c3)cccc2c1. The molecule has 0 atom stereocenters. The lowest BCUT2D eigenvalue weighted by atomic mass is 9.91. The van der Waals surface area contributed by atoms with Gasteiger partial charge in [0.25, 0.3) is 0 Å². The first-order chi connectivity index (χ1) is 34.7. The van der Waals surface area contributed by atoms with Gasteiger partial charge in [0.15, 0.2) is 0 Å². The van der Waals surface area contributed by atoms with E-state index in [0.717, 1.165) is 25.7 Å². The van der Waals surface area contributed by atoms with Crippen LogP contribution in [0, 0.1) is 0 Å². The Balaban J connectivity index is 0.864. The molecule has 2 aromatic heterocycles. The van der Waals surface area contributed by atoms with E-state index in [1.807, 2.05) is 0 Å². The van der Waals surface area contributed by atoms with Gasteiger partial charge in [0.2, 0.25) is 0 Å². The molecular formula is C68H48N2. The first kappa shape index (κ1) is 40.4. The van der Waals surface area contributed by atoms with Gasteiger partial charge in [-0.3, -0.25) is 0 Å². The summed E-state index contributed by atoms with van der Waals surface area (Å²) in [5.41, 5.74) is 17.6. The molecule has 2 heterocycles. The number of rotatable bonds is 9. The van der Waals surface area contributed by atoms with Crippen molar-refractivity contribution >= 4 is 86.7 Å². The molecule has 330 valence electrons. The molecule has 0 saturated heterocycles. The summed E-state index contributed by atoms with van der Waals surface area (Å²) in [7, 11) is 0. The Labute approximate surface area is 406 Å². The molecule has 14 aromatic rings. The van der Waals surface area contributed by atoms with Crippen LogP contribution in [0.2, 0.25) is 0 Å². The Morgan fingerprint density at radius 3 is 0.929 bits per heavy atom. The van der Waals surface area contributed by atoms with E-state index in [-0.39, 0.29) is 0 Å². The predicted molar refractivity (Wildman–Crippen MR) is 300 cm³/mol. The molecule has 2 heteroatoms. The molecule has 2 N–H and O–H groups in total. The van der Waals surface area contributed by atoms with Crippen LogP contribution in [0.1, 0.15) is 24.0 Å². The van der Waals surface area contributed by atoms with Crippen LogP contribution in [-0.2, 0) is 12.8 Å². The lowest BCUT2D eigenvalue weighted by Crippen LogP contribution is -1.94. The van der Waals surface area contributed by atoms with Crippen molar-refractivity contribution in [3.8, 4) is 44.5 Å². The van der Waals surface area contributed by atoms with Gasteiger partial charge in [-0.15, -0.1) is 0 Å². The zero-order chi connectivity index (χ0) is 46.1. The molecule has 0 saturated carbocycles. The number of aromatic nitrogens is 2. The number of H-pyrrole nitrogens is 2. The molecule has 0 radical (unpaired) electrons. The number of nitrogens with one attached hydrogen (secondary N) is 2. The summed E-state index contributed by atoms with van der Waals surface area (Å²) in [5, 5.41) is 15.2. The normalized spacial score (nSPS) is 11.9. The minimum atomic E-state index is 0.964. The van der Waals surface area contributed by atoms with Gasteiger partial charge in [0.05, 0.1) is 0 Å². The molecule has 0 aliphatic carbocycles. The van der Waals surface area contributed by atoms with Gasteiger partial charge < -0.3 is 9.97 Å². The van der Waals surface area contributed by atoms with Crippen LogP contribution < -0.4 is 0 Å². The standard InChI is InChI=1S/C68H48N2/c1(19-49-37-51(59-31-13-23-45-17-5-9-27-55(45)59)41-63-61-39-47(33-35-65(61)69-67(49)63)57-29-11-21-43-15-3-7-25-53(43)57)2-20-50-38-52(60-32-14-24-46-18-6-10-28-56(46)60)42-64-62-40-48(34-36-66(62)70-68(50)64)58-30-12-22-44-16-4-8-26-54(44)58/h3-18,21-42,69-70H,1-2,19-20H2. The zero-order valence-corrected chi connectivity index (χ0v) is 38.8. The third kappa shape index (κ3) is 6.78. The van der Waals surface area contributed by atoms with Crippen LogP contribution in [0.3, 0.4) is 0 Å². The Morgan fingerprint density at radius 2 is 0.557 bits per heavy atom. The lowest BCUT2D eigenvalue weighted by molar-refractivity contribution is 0.738. The van der Waals surface area contributed by atoms with Crippen LogP contribution in [0.25, 0.3) is 131 Å². The summed E-state index contributed by atoms with van der Waals surface area (Å²) in [6.45, 7) is 0. The van der Waals surface area contributed by atoms with Crippen LogP contribution >= 0.6 is 0 Å². The molecule has 0 aliphatic heterocycles. The van der Waals surface area contributed by atoms with E-state index in [2.05, 4.69) is 240 Å². The van der Waals surface area contributed by atoms with Gasteiger partial charge in [-0.05, 0) is 173 Å². The second-order valence-electron chi connectivity index (χ2n) is 19.2. The van der Waals surface area contributed by atoms with E-state index in [1.165, 1.54) is 142 Å². The van der Waals surface area contributed by atoms with Gasteiger partial charge in [-0.25, -0.2) is 0 Å². The maximum atomic E-state index is 3.94. The summed E-state index contributed by atoms with van der Waals surface area (Å²) in [6.07, 6.45) is 4.03. The number of aryl methyl sites for hydroxylation is 2. The lowest BCUT2D eigenvalue weighted by Gasteiger charge is -2.13. The molecule has 70 heavy (non-hydrogen) atoms. The first-order valence-electron chi connectivity index (χ1n) is 24.8. The molecule has 0 amide bonds. The second-order valence-corrected chi connectivity index (χ2v) is 19.2. The van der Waals surface area contributed by atoms with Gasteiger partial charge in [-0.2, -0.15) is 0 Å². The summed E-state index contributed by atoms with van der Waals surface area (Å²) < 4.78 is 0. The third-order valence-electron chi connectivity index (χ3n) is 15.1. The molecular weight excluding hydrogens is 845 g/mol. The quantitative estimate of drug-likeness (QED) is 0.135. The number of aromatic amines is 2. The van der Waals surface area contributed by atoms with Crippen LogP contribution in [0.15, 0.2) is 231 Å². The number of unbranched alkanes of at least 4 members (excludes halogenated alkanes) is 1. The number of benzene rings is 12. The highest BCUT2D eigenvalue weighted by Crippen LogP contribution is 2.41. The monoisotopic (exact) mass is 892 g/mol.